The lowest BCUT2D eigenvalue weighted by Gasteiger charge is -2.32. The number of methoxy groups -OCH3 is 1. The third kappa shape index (κ3) is 4.43. The molecular formula is C17H25NO2. The molecule has 1 heterocycles. The molecule has 1 aromatic carbocycles. The molecule has 0 saturated carbocycles. The topological polar surface area (TPSA) is 29.5 Å². The van der Waals surface area contributed by atoms with Crippen molar-refractivity contribution < 1.29 is 9.53 Å². The van der Waals surface area contributed by atoms with Gasteiger partial charge in [-0.2, -0.15) is 0 Å². The van der Waals surface area contributed by atoms with Gasteiger partial charge in [-0.25, -0.2) is 0 Å². The van der Waals surface area contributed by atoms with E-state index in [1.165, 1.54) is 18.4 Å². The fourth-order valence-electron chi connectivity index (χ4n) is 2.87. The van der Waals surface area contributed by atoms with Crippen LogP contribution < -0.4 is 0 Å². The molecule has 1 fully saturated rings. The Morgan fingerprint density at radius 2 is 2.10 bits per heavy atom. The molecule has 2 rings (SSSR count). The zero-order chi connectivity index (χ0) is 14.4. The molecule has 3 nitrogen and oxygen atoms in total. The molecule has 0 spiro atoms. The van der Waals surface area contributed by atoms with Crippen LogP contribution in [-0.4, -0.2) is 44.0 Å². The van der Waals surface area contributed by atoms with Gasteiger partial charge in [-0.15, -0.1) is 0 Å². The van der Waals surface area contributed by atoms with Crippen molar-refractivity contribution in [3.63, 3.8) is 0 Å². The number of rotatable bonds is 6. The SMILES string of the molecule is COC[C@H]1CCCN(CCC(=O)c2ccc(C)cc2)C1. The van der Waals surface area contributed by atoms with Crippen LogP contribution >= 0.6 is 0 Å². The lowest BCUT2D eigenvalue weighted by Crippen LogP contribution is -2.38. The third-order valence-corrected chi connectivity index (χ3v) is 4.03. The first-order valence-electron chi connectivity index (χ1n) is 7.50. The Morgan fingerprint density at radius 1 is 1.35 bits per heavy atom. The van der Waals surface area contributed by atoms with Crippen molar-refractivity contribution in [3.05, 3.63) is 35.4 Å². The quantitative estimate of drug-likeness (QED) is 0.748. The number of ether oxygens (including phenoxy) is 1. The number of aryl methyl sites for hydroxylation is 1. The van der Waals surface area contributed by atoms with Crippen LogP contribution in [0, 0.1) is 12.8 Å². The largest absolute Gasteiger partial charge is 0.384 e. The zero-order valence-corrected chi connectivity index (χ0v) is 12.6. The number of ketones is 1. The second-order valence-electron chi connectivity index (χ2n) is 5.80. The standard InChI is InChI=1S/C17H25NO2/c1-14-5-7-16(8-6-14)17(19)9-11-18-10-3-4-15(12-18)13-20-2/h5-8,15H,3-4,9-13H2,1-2H3/t15-/m0/s1. The summed E-state index contributed by atoms with van der Waals surface area (Å²) in [5, 5.41) is 0. The van der Waals surface area contributed by atoms with E-state index in [9.17, 15) is 4.79 Å². The fraction of sp³-hybridized carbons (Fsp3) is 0.588. The van der Waals surface area contributed by atoms with E-state index in [2.05, 4.69) is 4.90 Å². The molecule has 0 amide bonds. The number of carbonyl (C=O) groups is 1. The molecular weight excluding hydrogens is 250 g/mol. The number of hydrogen-bond acceptors (Lipinski definition) is 3. The van der Waals surface area contributed by atoms with Crippen LogP contribution in [0.2, 0.25) is 0 Å². The molecule has 0 unspecified atom stereocenters. The molecule has 1 saturated heterocycles. The highest BCUT2D eigenvalue weighted by molar-refractivity contribution is 5.96. The predicted molar refractivity (Wildman–Crippen MR) is 81.2 cm³/mol. The second-order valence-corrected chi connectivity index (χ2v) is 5.80. The second kappa shape index (κ2) is 7.55. The molecule has 1 atom stereocenters. The number of piperidine rings is 1. The molecule has 110 valence electrons. The highest BCUT2D eigenvalue weighted by atomic mass is 16.5. The summed E-state index contributed by atoms with van der Waals surface area (Å²) >= 11 is 0. The van der Waals surface area contributed by atoms with Crippen LogP contribution in [0.5, 0.6) is 0 Å². The third-order valence-electron chi connectivity index (χ3n) is 4.03. The van der Waals surface area contributed by atoms with Crippen molar-refractivity contribution in [2.24, 2.45) is 5.92 Å². The van der Waals surface area contributed by atoms with Crippen molar-refractivity contribution in [3.8, 4) is 0 Å². The van der Waals surface area contributed by atoms with E-state index in [0.717, 1.165) is 31.8 Å². The monoisotopic (exact) mass is 275 g/mol. The number of likely N-dealkylation sites (tertiary alicyclic amines) is 1. The van der Waals surface area contributed by atoms with Gasteiger partial charge in [-0.05, 0) is 32.2 Å². The molecule has 1 aliphatic heterocycles. The lowest BCUT2D eigenvalue weighted by atomic mass is 9.98. The van der Waals surface area contributed by atoms with Crippen molar-refractivity contribution >= 4 is 5.78 Å². The minimum absolute atomic E-state index is 0.249. The predicted octanol–water partition coefficient (Wildman–Crippen LogP) is 2.93. The molecule has 0 aromatic heterocycles. The Balaban J connectivity index is 1.79. The van der Waals surface area contributed by atoms with E-state index in [1.54, 1.807) is 7.11 Å². The van der Waals surface area contributed by atoms with E-state index in [1.807, 2.05) is 31.2 Å². The molecule has 1 aliphatic rings. The van der Waals surface area contributed by atoms with E-state index in [4.69, 9.17) is 4.74 Å². The van der Waals surface area contributed by atoms with Crippen molar-refractivity contribution in [2.45, 2.75) is 26.2 Å². The highest BCUT2D eigenvalue weighted by Gasteiger charge is 2.20. The first kappa shape index (κ1) is 15.2. The minimum atomic E-state index is 0.249. The van der Waals surface area contributed by atoms with Crippen LogP contribution in [0.25, 0.3) is 0 Å². The number of nitrogens with zero attached hydrogens (tertiary/aromatic N) is 1. The normalized spacial score (nSPS) is 20.0. The van der Waals surface area contributed by atoms with Gasteiger partial charge in [0.05, 0.1) is 6.61 Å². The van der Waals surface area contributed by atoms with Gasteiger partial charge in [0.1, 0.15) is 0 Å². The molecule has 3 heteroatoms. The van der Waals surface area contributed by atoms with Gasteiger partial charge in [0.25, 0.3) is 0 Å². The maximum absolute atomic E-state index is 12.2. The number of carbonyl (C=O) groups excluding carboxylic acids is 1. The summed E-state index contributed by atoms with van der Waals surface area (Å²) in [6.07, 6.45) is 3.08. The van der Waals surface area contributed by atoms with Gasteiger partial charge >= 0.3 is 0 Å². The number of hydrogen-bond donors (Lipinski definition) is 0. The number of benzene rings is 1. The van der Waals surface area contributed by atoms with Gasteiger partial charge in [-0.3, -0.25) is 4.79 Å². The minimum Gasteiger partial charge on any atom is -0.384 e. The van der Waals surface area contributed by atoms with Crippen LogP contribution in [0.1, 0.15) is 35.2 Å². The van der Waals surface area contributed by atoms with Crippen molar-refractivity contribution in [1.82, 2.24) is 4.90 Å². The van der Waals surface area contributed by atoms with E-state index in [0.29, 0.717) is 12.3 Å². The van der Waals surface area contributed by atoms with Gasteiger partial charge in [0.2, 0.25) is 0 Å². The van der Waals surface area contributed by atoms with Crippen molar-refractivity contribution in [1.29, 1.82) is 0 Å². The Morgan fingerprint density at radius 3 is 2.80 bits per heavy atom. The smallest absolute Gasteiger partial charge is 0.164 e. The van der Waals surface area contributed by atoms with Gasteiger partial charge in [-0.1, -0.05) is 29.8 Å². The molecule has 0 radical (unpaired) electrons. The summed E-state index contributed by atoms with van der Waals surface area (Å²) in [6.45, 7) is 5.92. The van der Waals surface area contributed by atoms with Gasteiger partial charge in [0, 0.05) is 32.2 Å². The lowest BCUT2D eigenvalue weighted by molar-refractivity contribution is 0.0831. The Kier molecular flexibility index (Phi) is 5.74. The summed E-state index contributed by atoms with van der Waals surface area (Å²) in [5.74, 6) is 0.877. The summed E-state index contributed by atoms with van der Waals surface area (Å²) < 4.78 is 5.24. The molecule has 20 heavy (non-hydrogen) atoms. The average Bonchev–Trinajstić information content (AvgIpc) is 2.46. The fourth-order valence-corrected chi connectivity index (χ4v) is 2.87. The van der Waals surface area contributed by atoms with E-state index >= 15 is 0 Å². The summed E-state index contributed by atoms with van der Waals surface area (Å²) in [5.41, 5.74) is 2.03. The maximum Gasteiger partial charge on any atom is 0.164 e. The Bertz CT molecular complexity index is 425. The molecule has 0 aliphatic carbocycles. The van der Waals surface area contributed by atoms with Crippen LogP contribution in [-0.2, 0) is 4.74 Å². The Hall–Kier alpha value is -1.19. The summed E-state index contributed by atoms with van der Waals surface area (Å²) in [4.78, 5) is 14.6. The Labute approximate surface area is 121 Å². The summed E-state index contributed by atoms with van der Waals surface area (Å²) in [7, 11) is 1.76. The number of Topliss-reactive ketones (excluding diaryl/α,β-unsaturated/α-hetero) is 1. The first-order chi connectivity index (χ1) is 9.69. The molecule has 0 N–H and O–H groups in total. The summed E-state index contributed by atoms with van der Waals surface area (Å²) in [6, 6.07) is 7.87. The average molecular weight is 275 g/mol. The van der Waals surface area contributed by atoms with Crippen LogP contribution in [0.15, 0.2) is 24.3 Å². The van der Waals surface area contributed by atoms with E-state index < -0.39 is 0 Å². The highest BCUT2D eigenvalue weighted by Crippen LogP contribution is 2.17. The first-order valence-corrected chi connectivity index (χ1v) is 7.50. The van der Waals surface area contributed by atoms with Gasteiger partial charge in [0.15, 0.2) is 5.78 Å². The molecule has 1 aromatic rings. The van der Waals surface area contributed by atoms with E-state index in [-0.39, 0.29) is 5.78 Å². The maximum atomic E-state index is 12.2. The van der Waals surface area contributed by atoms with Crippen LogP contribution in [0.3, 0.4) is 0 Å². The van der Waals surface area contributed by atoms with Crippen LogP contribution in [0.4, 0.5) is 0 Å². The van der Waals surface area contributed by atoms with Crippen molar-refractivity contribution in [2.75, 3.05) is 33.4 Å². The molecule has 0 bridgehead atoms. The van der Waals surface area contributed by atoms with Gasteiger partial charge < -0.3 is 9.64 Å². The zero-order valence-electron chi connectivity index (χ0n) is 12.6.